The zero-order valence-corrected chi connectivity index (χ0v) is 12.1. The topological polar surface area (TPSA) is 67.3 Å². The number of carbonyl (C=O) groups excluding carboxylic acids is 1. The molecule has 0 aliphatic carbocycles. The van der Waals surface area contributed by atoms with Gasteiger partial charge in [0.05, 0.1) is 17.1 Å². The Hall–Kier alpha value is -1.72. The van der Waals surface area contributed by atoms with Gasteiger partial charge in [-0.3, -0.25) is 9.59 Å². The van der Waals surface area contributed by atoms with E-state index < -0.39 is 5.97 Å². The van der Waals surface area contributed by atoms with E-state index in [1.165, 1.54) is 11.3 Å². The molecule has 1 aromatic heterocycles. The van der Waals surface area contributed by atoms with Crippen molar-refractivity contribution in [2.75, 3.05) is 0 Å². The fraction of sp³-hybridized carbons (Fsp3) is 0.214. The molecule has 2 rings (SSSR count). The minimum atomic E-state index is -0.964. The molecule has 1 heterocycles. The number of hydrogen-bond donors (Lipinski definition) is 1. The standard InChI is InChI=1S/C14H12ClNO3S/c15-12-4-2-1-3-11(12)14-16-9(8-20-14)7-10(17)5-6-13(18)19/h1-4,8H,5-7H2,(H,18,19). The third kappa shape index (κ3) is 3.88. The second-order valence-corrected chi connectivity index (χ2v) is 5.50. The van der Waals surface area contributed by atoms with Gasteiger partial charge in [-0.25, -0.2) is 4.98 Å². The molecule has 4 nitrogen and oxygen atoms in total. The molecule has 0 saturated carbocycles. The predicted molar refractivity (Wildman–Crippen MR) is 78.1 cm³/mol. The lowest BCUT2D eigenvalue weighted by Crippen LogP contribution is -2.06. The summed E-state index contributed by atoms with van der Waals surface area (Å²) in [6.45, 7) is 0. The van der Waals surface area contributed by atoms with Crippen LogP contribution in [-0.2, 0) is 16.0 Å². The lowest BCUT2D eigenvalue weighted by Gasteiger charge is -1.99. The van der Waals surface area contributed by atoms with Gasteiger partial charge in [0.25, 0.3) is 0 Å². The number of nitrogens with zero attached hydrogens (tertiary/aromatic N) is 1. The molecule has 0 aliphatic heterocycles. The van der Waals surface area contributed by atoms with Gasteiger partial charge in [-0.2, -0.15) is 0 Å². The molecule has 0 amide bonds. The third-order valence-corrected chi connectivity index (χ3v) is 3.91. The molecule has 0 bridgehead atoms. The number of carboxylic acid groups (broad SMARTS) is 1. The Kier molecular flexibility index (Phi) is 4.87. The Morgan fingerprint density at radius 1 is 1.25 bits per heavy atom. The maximum absolute atomic E-state index is 11.6. The van der Waals surface area contributed by atoms with Crippen LogP contribution in [0, 0.1) is 0 Å². The van der Waals surface area contributed by atoms with Crippen molar-refractivity contribution in [1.82, 2.24) is 4.98 Å². The molecule has 0 aliphatic rings. The van der Waals surface area contributed by atoms with Crippen LogP contribution in [0.5, 0.6) is 0 Å². The van der Waals surface area contributed by atoms with E-state index in [2.05, 4.69) is 4.98 Å². The zero-order valence-electron chi connectivity index (χ0n) is 10.5. The van der Waals surface area contributed by atoms with Crippen LogP contribution in [0.4, 0.5) is 0 Å². The van der Waals surface area contributed by atoms with Gasteiger partial charge >= 0.3 is 5.97 Å². The summed E-state index contributed by atoms with van der Waals surface area (Å²) < 4.78 is 0. The number of aliphatic carboxylic acids is 1. The van der Waals surface area contributed by atoms with Gasteiger partial charge in [-0.05, 0) is 6.07 Å². The summed E-state index contributed by atoms with van der Waals surface area (Å²) in [4.78, 5) is 26.4. The minimum Gasteiger partial charge on any atom is -0.481 e. The van der Waals surface area contributed by atoms with E-state index in [4.69, 9.17) is 16.7 Å². The molecule has 1 N–H and O–H groups in total. The first kappa shape index (κ1) is 14.7. The summed E-state index contributed by atoms with van der Waals surface area (Å²) in [6, 6.07) is 7.38. The lowest BCUT2D eigenvalue weighted by molar-refractivity contribution is -0.138. The Morgan fingerprint density at radius 2 is 2.00 bits per heavy atom. The van der Waals surface area contributed by atoms with Gasteiger partial charge in [0.15, 0.2) is 0 Å². The van der Waals surface area contributed by atoms with E-state index >= 15 is 0 Å². The summed E-state index contributed by atoms with van der Waals surface area (Å²) in [5.41, 5.74) is 1.49. The van der Waals surface area contributed by atoms with E-state index in [9.17, 15) is 9.59 Å². The normalized spacial score (nSPS) is 10.4. The number of carbonyl (C=O) groups is 2. The average molecular weight is 310 g/mol. The van der Waals surface area contributed by atoms with Gasteiger partial charge in [0.2, 0.25) is 0 Å². The van der Waals surface area contributed by atoms with E-state index in [1.54, 1.807) is 11.4 Å². The smallest absolute Gasteiger partial charge is 0.303 e. The summed E-state index contributed by atoms with van der Waals surface area (Å²) >= 11 is 7.51. The van der Waals surface area contributed by atoms with E-state index in [0.717, 1.165) is 10.6 Å². The van der Waals surface area contributed by atoms with E-state index in [-0.39, 0.29) is 25.0 Å². The third-order valence-electron chi connectivity index (χ3n) is 2.65. The number of rotatable bonds is 6. The monoisotopic (exact) mass is 309 g/mol. The van der Waals surface area contributed by atoms with Crippen LogP contribution in [0.2, 0.25) is 5.02 Å². The molecule has 6 heteroatoms. The molecule has 1 aromatic carbocycles. The fourth-order valence-corrected chi connectivity index (χ4v) is 2.82. The summed E-state index contributed by atoms with van der Waals surface area (Å²) in [6.07, 6.45) is 0.0584. The van der Waals surface area contributed by atoms with Gasteiger partial charge in [-0.1, -0.05) is 29.8 Å². The van der Waals surface area contributed by atoms with Crippen LogP contribution in [0.1, 0.15) is 18.5 Å². The summed E-state index contributed by atoms with van der Waals surface area (Å²) in [5, 5.41) is 11.7. The average Bonchev–Trinajstić information content (AvgIpc) is 2.85. The Labute approximate surface area is 125 Å². The lowest BCUT2D eigenvalue weighted by atomic mass is 10.1. The van der Waals surface area contributed by atoms with Gasteiger partial charge in [-0.15, -0.1) is 11.3 Å². The number of aromatic nitrogens is 1. The van der Waals surface area contributed by atoms with Crippen LogP contribution in [0.3, 0.4) is 0 Å². The first-order chi connectivity index (χ1) is 9.56. The van der Waals surface area contributed by atoms with Gasteiger partial charge < -0.3 is 5.11 Å². The quantitative estimate of drug-likeness (QED) is 0.887. The van der Waals surface area contributed by atoms with Crippen LogP contribution >= 0.6 is 22.9 Å². The van der Waals surface area contributed by atoms with Crippen molar-refractivity contribution in [3.8, 4) is 10.6 Å². The number of benzene rings is 1. The summed E-state index contributed by atoms with van der Waals surface area (Å²) in [5.74, 6) is -1.09. The molecule has 0 atom stereocenters. The maximum Gasteiger partial charge on any atom is 0.303 e. The first-order valence-electron chi connectivity index (χ1n) is 5.99. The molecule has 0 saturated heterocycles. The SMILES string of the molecule is O=C(O)CCC(=O)Cc1csc(-c2ccccc2Cl)n1. The van der Waals surface area contributed by atoms with Crippen molar-refractivity contribution >= 4 is 34.7 Å². The number of thiazole rings is 1. The number of carboxylic acids is 1. The largest absolute Gasteiger partial charge is 0.481 e. The van der Waals surface area contributed by atoms with Crippen molar-refractivity contribution in [2.45, 2.75) is 19.3 Å². The second kappa shape index (κ2) is 6.63. The Bertz CT molecular complexity index is 639. The predicted octanol–water partition coefficient (Wildman–Crippen LogP) is 3.44. The minimum absolute atomic E-state index is 0.0360. The van der Waals surface area contributed by atoms with E-state index in [0.29, 0.717) is 10.7 Å². The highest BCUT2D eigenvalue weighted by atomic mass is 35.5. The highest BCUT2D eigenvalue weighted by Crippen LogP contribution is 2.30. The number of hydrogen-bond acceptors (Lipinski definition) is 4. The van der Waals surface area contributed by atoms with Crippen molar-refractivity contribution in [2.24, 2.45) is 0 Å². The van der Waals surface area contributed by atoms with Crippen LogP contribution in [0.15, 0.2) is 29.6 Å². The van der Waals surface area contributed by atoms with Gasteiger partial charge in [0, 0.05) is 23.8 Å². The summed E-state index contributed by atoms with van der Waals surface area (Å²) in [7, 11) is 0. The molecule has 2 aromatic rings. The Balaban J connectivity index is 2.04. The molecule has 0 fully saturated rings. The van der Waals surface area contributed by atoms with Crippen molar-refractivity contribution in [3.05, 3.63) is 40.4 Å². The van der Waals surface area contributed by atoms with Crippen molar-refractivity contribution < 1.29 is 14.7 Å². The second-order valence-electron chi connectivity index (χ2n) is 4.23. The van der Waals surface area contributed by atoms with Crippen LogP contribution in [-0.4, -0.2) is 21.8 Å². The molecular formula is C14H12ClNO3S. The highest BCUT2D eigenvalue weighted by Gasteiger charge is 2.11. The zero-order chi connectivity index (χ0) is 14.5. The molecule has 0 spiro atoms. The maximum atomic E-state index is 11.6. The van der Waals surface area contributed by atoms with Crippen molar-refractivity contribution in [3.63, 3.8) is 0 Å². The molecular weight excluding hydrogens is 298 g/mol. The van der Waals surface area contributed by atoms with Gasteiger partial charge in [0.1, 0.15) is 10.8 Å². The number of ketones is 1. The first-order valence-corrected chi connectivity index (χ1v) is 7.25. The molecule has 104 valence electrons. The molecule has 0 unspecified atom stereocenters. The van der Waals surface area contributed by atoms with Crippen LogP contribution in [0.25, 0.3) is 10.6 Å². The van der Waals surface area contributed by atoms with Crippen molar-refractivity contribution in [1.29, 1.82) is 0 Å². The number of Topliss-reactive ketones (excluding diaryl/α,β-unsaturated/α-hetero) is 1. The van der Waals surface area contributed by atoms with Crippen LogP contribution < -0.4 is 0 Å². The highest BCUT2D eigenvalue weighted by molar-refractivity contribution is 7.13. The fourth-order valence-electron chi connectivity index (χ4n) is 1.68. The molecule has 20 heavy (non-hydrogen) atoms. The number of halogens is 1. The molecule has 0 radical (unpaired) electrons. The van der Waals surface area contributed by atoms with E-state index in [1.807, 2.05) is 18.2 Å². The Morgan fingerprint density at radius 3 is 2.70 bits per heavy atom.